The summed E-state index contributed by atoms with van der Waals surface area (Å²) in [6, 6.07) is 3.51. The number of carbonyl (C=O) groups excluding carboxylic acids is 1. The number of nitrogens with zero attached hydrogens (tertiary/aromatic N) is 1. The average Bonchev–Trinajstić information content (AvgIpc) is 2.69. The minimum absolute atomic E-state index is 0.119. The van der Waals surface area contributed by atoms with Crippen LogP contribution in [0.15, 0.2) is 18.2 Å². The van der Waals surface area contributed by atoms with E-state index in [-0.39, 0.29) is 11.8 Å². The molecule has 1 amide bonds. The van der Waals surface area contributed by atoms with E-state index in [4.69, 9.17) is 0 Å². The molecule has 6 heteroatoms. The maximum atomic E-state index is 12.7. The number of hydrogen-bond acceptors (Lipinski definition) is 1. The molecule has 0 aromatic heterocycles. The highest BCUT2D eigenvalue weighted by atomic mass is 79.9. The van der Waals surface area contributed by atoms with E-state index in [0.29, 0.717) is 29.5 Å². The summed E-state index contributed by atoms with van der Waals surface area (Å²) in [4.78, 5) is 13.3. The Labute approximate surface area is 117 Å². The highest BCUT2D eigenvalue weighted by Crippen LogP contribution is 2.35. The molecule has 0 radical (unpaired) electrons. The number of rotatable bonds is 2. The van der Waals surface area contributed by atoms with Gasteiger partial charge in [-0.3, -0.25) is 4.79 Å². The highest BCUT2D eigenvalue weighted by Gasteiger charge is 2.34. The quantitative estimate of drug-likeness (QED) is 0.753. The SMILES string of the molecule is Cc1ccc(C(F)(F)F)cc1N1CC(CBr)CC1=O. The Kier molecular flexibility index (Phi) is 3.90. The lowest BCUT2D eigenvalue weighted by Gasteiger charge is -2.20. The third-order valence-corrected chi connectivity index (χ3v) is 4.17. The van der Waals surface area contributed by atoms with Gasteiger partial charge in [0.15, 0.2) is 0 Å². The number of benzene rings is 1. The lowest BCUT2D eigenvalue weighted by atomic mass is 10.1. The lowest BCUT2D eigenvalue weighted by Crippen LogP contribution is -2.26. The van der Waals surface area contributed by atoms with Crippen LogP contribution in [0.2, 0.25) is 0 Å². The van der Waals surface area contributed by atoms with Crippen LogP contribution < -0.4 is 4.90 Å². The van der Waals surface area contributed by atoms with Gasteiger partial charge in [0, 0.05) is 24.0 Å². The van der Waals surface area contributed by atoms with Gasteiger partial charge in [-0.2, -0.15) is 13.2 Å². The molecule has 1 fully saturated rings. The Morgan fingerprint density at radius 3 is 2.63 bits per heavy atom. The van der Waals surface area contributed by atoms with Crippen molar-refractivity contribution in [2.45, 2.75) is 19.5 Å². The molecule has 1 atom stereocenters. The summed E-state index contributed by atoms with van der Waals surface area (Å²) in [5.41, 5.74) is 0.322. The van der Waals surface area contributed by atoms with Crippen molar-refractivity contribution in [3.05, 3.63) is 29.3 Å². The summed E-state index contributed by atoms with van der Waals surface area (Å²) in [5, 5.41) is 0.674. The predicted molar refractivity (Wildman–Crippen MR) is 70.4 cm³/mol. The van der Waals surface area contributed by atoms with Gasteiger partial charge in [0.05, 0.1) is 5.56 Å². The van der Waals surface area contributed by atoms with Crippen LogP contribution in [0.5, 0.6) is 0 Å². The number of anilines is 1. The first-order chi connectivity index (χ1) is 8.82. The number of alkyl halides is 4. The van der Waals surface area contributed by atoms with Crippen LogP contribution in [0.4, 0.5) is 18.9 Å². The molecule has 0 aliphatic carbocycles. The van der Waals surface area contributed by atoms with Gasteiger partial charge in [-0.25, -0.2) is 0 Å². The summed E-state index contributed by atoms with van der Waals surface area (Å²) >= 11 is 3.31. The molecule has 1 aliphatic heterocycles. The molecule has 1 unspecified atom stereocenters. The van der Waals surface area contributed by atoms with Gasteiger partial charge in [-0.15, -0.1) is 0 Å². The van der Waals surface area contributed by atoms with Gasteiger partial charge < -0.3 is 4.90 Å². The lowest BCUT2D eigenvalue weighted by molar-refractivity contribution is -0.137. The summed E-state index contributed by atoms with van der Waals surface area (Å²) in [6.45, 7) is 2.18. The molecule has 0 saturated carbocycles. The molecule has 1 saturated heterocycles. The number of carbonyl (C=O) groups is 1. The van der Waals surface area contributed by atoms with Crippen molar-refractivity contribution in [2.24, 2.45) is 5.92 Å². The molecule has 1 aromatic carbocycles. The average molecular weight is 336 g/mol. The maximum absolute atomic E-state index is 12.7. The molecule has 104 valence electrons. The molecule has 0 bridgehead atoms. The Morgan fingerprint density at radius 2 is 2.11 bits per heavy atom. The van der Waals surface area contributed by atoms with Gasteiger partial charge >= 0.3 is 6.18 Å². The van der Waals surface area contributed by atoms with Gasteiger partial charge in [0.25, 0.3) is 0 Å². The number of halogens is 4. The summed E-state index contributed by atoms with van der Waals surface area (Å²) < 4.78 is 38.1. The molecular weight excluding hydrogens is 323 g/mol. The minimum Gasteiger partial charge on any atom is -0.312 e. The van der Waals surface area contributed by atoms with E-state index in [1.54, 1.807) is 6.92 Å². The maximum Gasteiger partial charge on any atom is 0.416 e. The largest absolute Gasteiger partial charge is 0.416 e. The van der Waals surface area contributed by atoms with Crippen LogP contribution in [-0.2, 0) is 11.0 Å². The third-order valence-electron chi connectivity index (χ3n) is 3.25. The monoisotopic (exact) mass is 335 g/mol. The zero-order valence-corrected chi connectivity index (χ0v) is 11.9. The second kappa shape index (κ2) is 5.15. The van der Waals surface area contributed by atoms with Gasteiger partial charge in [-0.1, -0.05) is 22.0 Å². The fraction of sp³-hybridized carbons (Fsp3) is 0.462. The first-order valence-corrected chi connectivity index (χ1v) is 6.99. The van der Waals surface area contributed by atoms with E-state index in [9.17, 15) is 18.0 Å². The van der Waals surface area contributed by atoms with Crippen molar-refractivity contribution < 1.29 is 18.0 Å². The topological polar surface area (TPSA) is 20.3 Å². The Balaban J connectivity index is 2.37. The molecule has 2 nitrogen and oxygen atoms in total. The summed E-state index contributed by atoms with van der Waals surface area (Å²) in [6.07, 6.45) is -4.01. The molecule has 1 heterocycles. The molecule has 2 rings (SSSR count). The standard InChI is InChI=1S/C13H13BrF3NO/c1-8-2-3-10(13(15,16)17)5-11(8)18-7-9(6-14)4-12(18)19/h2-3,5,9H,4,6-7H2,1H3. The Bertz CT molecular complexity index is 501. The first kappa shape index (κ1) is 14.4. The molecule has 1 aliphatic rings. The van der Waals surface area contributed by atoms with Gasteiger partial charge in [-0.05, 0) is 30.5 Å². The van der Waals surface area contributed by atoms with Crippen LogP contribution in [0.1, 0.15) is 17.5 Å². The predicted octanol–water partition coefficient (Wildman–Crippen LogP) is 3.76. The number of aryl methyl sites for hydroxylation is 1. The van der Waals surface area contributed by atoms with Crippen LogP contribution in [0.3, 0.4) is 0 Å². The van der Waals surface area contributed by atoms with E-state index in [0.717, 1.165) is 12.1 Å². The smallest absolute Gasteiger partial charge is 0.312 e. The van der Waals surface area contributed by atoms with Crippen molar-refractivity contribution >= 4 is 27.5 Å². The van der Waals surface area contributed by atoms with E-state index >= 15 is 0 Å². The zero-order chi connectivity index (χ0) is 14.2. The van der Waals surface area contributed by atoms with Crippen molar-refractivity contribution in [1.29, 1.82) is 0 Å². The summed E-state index contributed by atoms with van der Waals surface area (Å²) in [7, 11) is 0. The van der Waals surface area contributed by atoms with Crippen LogP contribution in [-0.4, -0.2) is 17.8 Å². The van der Waals surface area contributed by atoms with Crippen LogP contribution >= 0.6 is 15.9 Å². The minimum atomic E-state index is -4.39. The molecule has 0 spiro atoms. The van der Waals surface area contributed by atoms with Crippen molar-refractivity contribution in [3.8, 4) is 0 Å². The summed E-state index contributed by atoms with van der Waals surface area (Å²) in [5.74, 6) is 0.0355. The molecular formula is C13H13BrF3NO. The van der Waals surface area contributed by atoms with E-state index in [1.165, 1.54) is 11.0 Å². The third kappa shape index (κ3) is 2.94. The zero-order valence-electron chi connectivity index (χ0n) is 10.3. The second-order valence-electron chi connectivity index (χ2n) is 4.73. The first-order valence-electron chi connectivity index (χ1n) is 5.87. The normalized spacial score (nSPS) is 20.2. The number of amides is 1. The molecule has 0 N–H and O–H groups in total. The van der Waals surface area contributed by atoms with E-state index in [2.05, 4.69) is 15.9 Å². The molecule has 1 aromatic rings. The van der Waals surface area contributed by atoms with E-state index in [1.807, 2.05) is 0 Å². The van der Waals surface area contributed by atoms with Gasteiger partial charge in [0.2, 0.25) is 5.91 Å². The fourth-order valence-electron chi connectivity index (χ4n) is 2.19. The number of hydrogen-bond donors (Lipinski definition) is 0. The van der Waals surface area contributed by atoms with Gasteiger partial charge in [0.1, 0.15) is 0 Å². The highest BCUT2D eigenvalue weighted by molar-refractivity contribution is 9.09. The van der Waals surface area contributed by atoms with Crippen LogP contribution in [0.25, 0.3) is 0 Å². The Hall–Kier alpha value is -1.04. The van der Waals surface area contributed by atoms with Crippen molar-refractivity contribution in [3.63, 3.8) is 0 Å². The van der Waals surface area contributed by atoms with Crippen LogP contribution in [0, 0.1) is 12.8 Å². The van der Waals surface area contributed by atoms with Crippen molar-refractivity contribution in [2.75, 3.05) is 16.8 Å². The van der Waals surface area contributed by atoms with E-state index < -0.39 is 11.7 Å². The van der Waals surface area contributed by atoms with Crippen molar-refractivity contribution in [1.82, 2.24) is 0 Å². The fourth-order valence-corrected chi connectivity index (χ4v) is 2.63. The Morgan fingerprint density at radius 1 is 1.42 bits per heavy atom. The second-order valence-corrected chi connectivity index (χ2v) is 5.38. The molecule has 19 heavy (non-hydrogen) atoms.